The molecule has 3 heterocycles. The molecule has 1 saturated heterocycles. The van der Waals surface area contributed by atoms with Gasteiger partial charge in [0.05, 0.1) is 28.3 Å². The molecule has 1 fully saturated rings. The zero-order chi connectivity index (χ0) is 21.3. The maximum atomic E-state index is 13.0. The van der Waals surface area contributed by atoms with Crippen LogP contribution >= 0.6 is 23.2 Å². The molecule has 0 radical (unpaired) electrons. The van der Waals surface area contributed by atoms with Gasteiger partial charge in [-0.2, -0.15) is 0 Å². The minimum absolute atomic E-state index is 0.00181. The van der Waals surface area contributed by atoms with Crippen LogP contribution in [0, 0.1) is 5.92 Å². The molecule has 4 rings (SSSR count). The summed E-state index contributed by atoms with van der Waals surface area (Å²) in [6, 6.07) is 5.63. The number of hydrogen-bond donors (Lipinski definition) is 2. The van der Waals surface area contributed by atoms with Gasteiger partial charge < -0.3 is 15.5 Å². The lowest BCUT2D eigenvalue weighted by Gasteiger charge is -2.30. The van der Waals surface area contributed by atoms with Gasteiger partial charge in [-0.15, -0.1) is 0 Å². The Morgan fingerprint density at radius 3 is 2.90 bits per heavy atom. The molecule has 160 valence electrons. The smallest absolute Gasteiger partial charge is 0.318 e. The van der Waals surface area contributed by atoms with Crippen LogP contribution in [-0.4, -0.2) is 46.6 Å². The van der Waals surface area contributed by atoms with Gasteiger partial charge in [0, 0.05) is 38.2 Å². The molecular formula is C22H27Cl2N5O. The van der Waals surface area contributed by atoms with Crippen molar-refractivity contribution in [2.75, 3.05) is 19.6 Å². The molecule has 0 bridgehead atoms. The highest BCUT2D eigenvalue weighted by Gasteiger charge is 2.32. The summed E-state index contributed by atoms with van der Waals surface area (Å²) in [5.41, 5.74) is 3.19. The second kappa shape index (κ2) is 9.08. The van der Waals surface area contributed by atoms with Crippen molar-refractivity contribution in [3.63, 3.8) is 0 Å². The van der Waals surface area contributed by atoms with Crippen molar-refractivity contribution in [1.82, 2.24) is 25.5 Å². The molecule has 0 unspecified atom stereocenters. The molecule has 30 heavy (non-hydrogen) atoms. The lowest BCUT2D eigenvalue weighted by atomic mass is 9.94. The summed E-state index contributed by atoms with van der Waals surface area (Å²) in [5, 5.41) is 7.67. The number of halogens is 2. The van der Waals surface area contributed by atoms with Crippen LogP contribution < -0.4 is 10.6 Å². The van der Waals surface area contributed by atoms with Crippen molar-refractivity contribution >= 4 is 29.2 Å². The van der Waals surface area contributed by atoms with Crippen LogP contribution in [0.15, 0.2) is 24.4 Å². The van der Waals surface area contributed by atoms with E-state index in [0.29, 0.717) is 29.1 Å². The third-order valence-corrected chi connectivity index (χ3v) is 6.51. The fourth-order valence-electron chi connectivity index (χ4n) is 4.15. The van der Waals surface area contributed by atoms with Crippen molar-refractivity contribution in [3.8, 4) is 0 Å². The van der Waals surface area contributed by atoms with Crippen LogP contribution in [0.3, 0.4) is 0 Å². The van der Waals surface area contributed by atoms with Gasteiger partial charge in [-0.25, -0.2) is 14.8 Å². The fraction of sp³-hybridized carbons (Fsp3) is 0.500. The number of nitrogens with zero attached hydrogens (tertiary/aromatic N) is 3. The van der Waals surface area contributed by atoms with Crippen LogP contribution in [0.25, 0.3) is 0 Å². The second-order valence-corrected chi connectivity index (χ2v) is 9.34. The van der Waals surface area contributed by atoms with Gasteiger partial charge in [0.2, 0.25) is 0 Å². The first-order valence-electron chi connectivity index (χ1n) is 10.5. The molecule has 2 aromatic rings. The molecule has 2 atom stereocenters. The van der Waals surface area contributed by atoms with E-state index in [2.05, 4.69) is 29.5 Å². The highest BCUT2D eigenvalue weighted by atomic mass is 35.5. The Morgan fingerprint density at radius 1 is 1.30 bits per heavy atom. The van der Waals surface area contributed by atoms with Gasteiger partial charge in [-0.05, 0) is 35.6 Å². The van der Waals surface area contributed by atoms with Crippen LogP contribution in [0.1, 0.15) is 42.4 Å². The highest BCUT2D eigenvalue weighted by Crippen LogP contribution is 2.30. The third-order valence-electron chi connectivity index (χ3n) is 5.77. The first-order chi connectivity index (χ1) is 14.4. The Bertz CT molecular complexity index is 936. The number of amides is 2. The largest absolute Gasteiger partial charge is 0.333 e. The standard InChI is InChI=1S/C22H27Cl2N5O/c1-13(2)7-21-26-9-15-5-6-29(12-20(15)27-21)22(30)28-19-11-25-10-16(19)14-3-4-17(23)18(24)8-14/h3-4,8-9,13,16,19,25H,5-7,10-12H2,1-2H3,(H,28,30)/t16-,19+/m0/s1. The summed E-state index contributed by atoms with van der Waals surface area (Å²) >= 11 is 12.3. The highest BCUT2D eigenvalue weighted by molar-refractivity contribution is 6.42. The van der Waals surface area contributed by atoms with E-state index >= 15 is 0 Å². The molecule has 2 aliphatic heterocycles. The number of nitrogens with one attached hydrogen (secondary N) is 2. The Labute approximate surface area is 187 Å². The molecular weight excluding hydrogens is 421 g/mol. The SMILES string of the molecule is CC(C)Cc1ncc2c(n1)CN(C(=O)N[C@@H]1CNC[C@H]1c1ccc(Cl)c(Cl)c1)CC2. The zero-order valence-electron chi connectivity index (χ0n) is 17.3. The first kappa shape index (κ1) is 21.3. The molecule has 0 aliphatic carbocycles. The lowest BCUT2D eigenvalue weighted by molar-refractivity contribution is 0.187. The molecule has 0 spiro atoms. The van der Waals surface area contributed by atoms with Crippen LogP contribution in [-0.2, 0) is 19.4 Å². The number of urea groups is 1. The summed E-state index contributed by atoms with van der Waals surface area (Å²) < 4.78 is 0. The number of aromatic nitrogens is 2. The Hall–Kier alpha value is -1.89. The predicted octanol–water partition coefficient (Wildman–Crippen LogP) is 3.81. The molecule has 0 saturated carbocycles. The van der Waals surface area contributed by atoms with Crippen LogP contribution in [0.4, 0.5) is 4.79 Å². The molecule has 2 amide bonds. The average molecular weight is 448 g/mol. The van der Waals surface area contributed by atoms with Crippen molar-refractivity contribution in [2.45, 2.75) is 45.2 Å². The van der Waals surface area contributed by atoms with Gasteiger partial charge in [-0.1, -0.05) is 43.1 Å². The second-order valence-electron chi connectivity index (χ2n) is 8.52. The van der Waals surface area contributed by atoms with E-state index in [1.807, 2.05) is 29.3 Å². The zero-order valence-corrected chi connectivity index (χ0v) is 18.8. The van der Waals surface area contributed by atoms with Gasteiger partial charge in [-0.3, -0.25) is 0 Å². The number of fused-ring (bicyclic) bond motifs is 1. The molecule has 8 heteroatoms. The van der Waals surface area contributed by atoms with Gasteiger partial charge >= 0.3 is 6.03 Å². The quantitative estimate of drug-likeness (QED) is 0.747. The monoisotopic (exact) mass is 447 g/mol. The van der Waals surface area contributed by atoms with Crippen LogP contribution in [0.5, 0.6) is 0 Å². The van der Waals surface area contributed by atoms with Gasteiger partial charge in [0.15, 0.2) is 0 Å². The number of carbonyl (C=O) groups excluding carboxylic acids is 1. The van der Waals surface area contributed by atoms with Crippen LogP contribution in [0.2, 0.25) is 10.0 Å². The molecule has 1 aromatic carbocycles. The maximum Gasteiger partial charge on any atom is 0.318 e. The molecule has 6 nitrogen and oxygen atoms in total. The molecule has 2 aliphatic rings. The minimum Gasteiger partial charge on any atom is -0.333 e. The summed E-state index contributed by atoms with van der Waals surface area (Å²) in [7, 11) is 0. The minimum atomic E-state index is -0.0524. The Balaban J connectivity index is 1.43. The van der Waals surface area contributed by atoms with Crippen molar-refractivity contribution in [1.29, 1.82) is 0 Å². The van der Waals surface area contributed by atoms with Gasteiger partial charge in [0.1, 0.15) is 5.82 Å². The van der Waals surface area contributed by atoms with E-state index in [4.69, 9.17) is 28.2 Å². The Kier molecular flexibility index (Phi) is 6.46. The van der Waals surface area contributed by atoms with Crippen molar-refractivity contribution in [3.05, 3.63) is 57.1 Å². The number of hydrogen-bond acceptors (Lipinski definition) is 4. The van der Waals surface area contributed by atoms with Crippen molar-refractivity contribution in [2.24, 2.45) is 5.92 Å². The fourth-order valence-corrected chi connectivity index (χ4v) is 4.46. The van der Waals surface area contributed by atoms with E-state index in [9.17, 15) is 4.79 Å². The van der Waals surface area contributed by atoms with E-state index in [1.54, 1.807) is 0 Å². The topological polar surface area (TPSA) is 70.2 Å². The normalized spacial score (nSPS) is 21.0. The summed E-state index contributed by atoms with van der Waals surface area (Å²) in [4.78, 5) is 24.1. The van der Waals surface area contributed by atoms with Crippen molar-refractivity contribution < 1.29 is 4.79 Å². The number of benzene rings is 1. The van der Waals surface area contributed by atoms with Gasteiger partial charge in [0.25, 0.3) is 0 Å². The summed E-state index contributed by atoms with van der Waals surface area (Å²) in [6.07, 6.45) is 3.55. The molecule has 2 N–H and O–H groups in total. The summed E-state index contributed by atoms with van der Waals surface area (Å²) in [5.74, 6) is 1.51. The lowest BCUT2D eigenvalue weighted by Crippen LogP contribution is -2.48. The van der Waals surface area contributed by atoms with E-state index in [0.717, 1.165) is 48.6 Å². The Morgan fingerprint density at radius 2 is 2.13 bits per heavy atom. The molecule has 1 aromatic heterocycles. The number of carbonyl (C=O) groups is 1. The van der Waals surface area contributed by atoms with E-state index in [1.165, 1.54) is 0 Å². The van der Waals surface area contributed by atoms with E-state index in [-0.39, 0.29) is 18.0 Å². The third kappa shape index (κ3) is 4.71. The summed E-state index contributed by atoms with van der Waals surface area (Å²) in [6.45, 7) is 7.01. The maximum absolute atomic E-state index is 13.0. The number of rotatable bonds is 4. The predicted molar refractivity (Wildman–Crippen MR) is 119 cm³/mol. The first-order valence-corrected chi connectivity index (χ1v) is 11.2. The average Bonchev–Trinajstić information content (AvgIpc) is 3.17. The van der Waals surface area contributed by atoms with E-state index < -0.39 is 0 Å².